The average Bonchev–Trinajstić information content (AvgIpc) is 1.84. The first-order valence-electron chi connectivity index (χ1n) is 5.14. The summed E-state index contributed by atoms with van der Waals surface area (Å²) in [6.07, 6.45) is 2.33. The van der Waals surface area contributed by atoms with Crippen LogP contribution >= 0.6 is 0 Å². The van der Waals surface area contributed by atoms with E-state index in [1.54, 1.807) is 0 Å². The molecule has 0 aliphatic heterocycles. The Hall–Kier alpha value is -0.0800. The number of rotatable bonds is 4. The van der Waals surface area contributed by atoms with Gasteiger partial charge in [-0.1, -0.05) is 41.0 Å². The van der Waals surface area contributed by atoms with Crippen LogP contribution in [0.2, 0.25) is 0 Å². The third kappa shape index (κ3) is 2.44. The summed E-state index contributed by atoms with van der Waals surface area (Å²) >= 11 is 0. The van der Waals surface area contributed by atoms with Gasteiger partial charge < -0.3 is 11.5 Å². The fourth-order valence-electron chi connectivity index (χ4n) is 1.67. The molecule has 13 heavy (non-hydrogen) atoms. The van der Waals surface area contributed by atoms with Crippen molar-refractivity contribution >= 4 is 0 Å². The quantitative estimate of drug-likeness (QED) is 0.663. The zero-order chi connectivity index (χ0) is 10.9. The van der Waals surface area contributed by atoms with E-state index in [1.807, 2.05) is 6.92 Å². The minimum atomic E-state index is -0.619. The first kappa shape index (κ1) is 12.9. The third-order valence-electron chi connectivity index (χ3n) is 3.91. The summed E-state index contributed by atoms with van der Waals surface area (Å²) in [5, 5.41) is 0. The molecule has 0 aromatic heterocycles. The van der Waals surface area contributed by atoms with Gasteiger partial charge in [0.15, 0.2) is 0 Å². The molecule has 0 aliphatic rings. The van der Waals surface area contributed by atoms with Crippen molar-refractivity contribution in [1.82, 2.24) is 0 Å². The first-order valence-corrected chi connectivity index (χ1v) is 5.14. The Morgan fingerprint density at radius 2 is 1.31 bits per heavy atom. The van der Waals surface area contributed by atoms with E-state index < -0.39 is 5.66 Å². The molecule has 0 saturated heterocycles. The molecular weight excluding hydrogens is 160 g/mol. The zero-order valence-corrected chi connectivity index (χ0v) is 10.1. The fourth-order valence-corrected chi connectivity index (χ4v) is 1.67. The van der Waals surface area contributed by atoms with Crippen LogP contribution in [0, 0.1) is 10.8 Å². The standard InChI is InChI=1S/C11H26N2/c1-7-8-9(2,3)10(4,5)11(6,12)13/h7-8,12-13H2,1-6H3. The van der Waals surface area contributed by atoms with Crippen molar-refractivity contribution in [2.45, 2.75) is 60.0 Å². The second-order valence-electron chi connectivity index (χ2n) is 5.54. The largest absolute Gasteiger partial charge is 0.313 e. The summed E-state index contributed by atoms with van der Waals surface area (Å²) < 4.78 is 0. The lowest BCUT2D eigenvalue weighted by Gasteiger charge is -2.50. The van der Waals surface area contributed by atoms with Crippen molar-refractivity contribution in [3.63, 3.8) is 0 Å². The van der Waals surface area contributed by atoms with E-state index in [2.05, 4.69) is 34.6 Å². The SMILES string of the molecule is CCCC(C)(C)C(C)(C)C(C)(N)N. The van der Waals surface area contributed by atoms with Crippen molar-refractivity contribution in [3.05, 3.63) is 0 Å². The highest BCUT2D eigenvalue weighted by atomic mass is 15.0. The van der Waals surface area contributed by atoms with Gasteiger partial charge in [-0.05, 0) is 18.8 Å². The van der Waals surface area contributed by atoms with Crippen molar-refractivity contribution in [2.24, 2.45) is 22.3 Å². The Bertz CT molecular complexity index is 163. The molecule has 0 amide bonds. The molecule has 0 heterocycles. The summed E-state index contributed by atoms with van der Waals surface area (Å²) in [6, 6.07) is 0. The molecule has 4 N–H and O–H groups in total. The lowest BCUT2D eigenvalue weighted by molar-refractivity contribution is 0.0212. The van der Waals surface area contributed by atoms with Crippen LogP contribution in [0.1, 0.15) is 54.4 Å². The van der Waals surface area contributed by atoms with Crippen LogP contribution in [0.15, 0.2) is 0 Å². The molecule has 0 saturated carbocycles. The number of hydrogen-bond acceptors (Lipinski definition) is 2. The first-order chi connectivity index (χ1) is 5.56. The van der Waals surface area contributed by atoms with Gasteiger partial charge in [0.1, 0.15) is 0 Å². The molecule has 0 atom stereocenters. The van der Waals surface area contributed by atoms with Crippen molar-refractivity contribution in [3.8, 4) is 0 Å². The van der Waals surface area contributed by atoms with E-state index in [0.29, 0.717) is 0 Å². The molecule has 2 heteroatoms. The van der Waals surface area contributed by atoms with Crippen LogP contribution in [0.3, 0.4) is 0 Å². The molecule has 0 rings (SSSR count). The minimum absolute atomic E-state index is 0.0595. The maximum atomic E-state index is 6.01. The van der Waals surface area contributed by atoms with Crippen LogP contribution in [-0.2, 0) is 0 Å². The van der Waals surface area contributed by atoms with Crippen LogP contribution < -0.4 is 11.5 Å². The third-order valence-corrected chi connectivity index (χ3v) is 3.91. The van der Waals surface area contributed by atoms with E-state index in [9.17, 15) is 0 Å². The Labute approximate surface area is 83.1 Å². The summed E-state index contributed by atoms with van der Waals surface area (Å²) in [5.41, 5.74) is 11.5. The molecule has 0 radical (unpaired) electrons. The molecule has 0 spiro atoms. The van der Waals surface area contributed by atoms with Crippen molar-refractivity contribution in [1.29, 1.82) is 0 Å². The van der Waals surface area contributed by atoms with Crippen LogP contribution in [0.25, 0.3) is 0 Å². The van der Waals surface area contributed by atoms with Gasteiger partial charge in [-0.2, -0.15) is 0 Å². The number of hydrogen-bond donors (Lipinski definition) is 2. The van der Waals surface area contributed by atoms with Gasteiger partial charge >= 0.3 is 0 Å². The van der Waals surface area contributed by atoms with Gasteiger partial charge in [-0.25, -0.2) is 0 Å². The predicted molar refractivity (Wildman–Crippen MR) is 59.2 cm³/mol. The summed E-state index contributed by atoms with van der Waals surface area (Å²) in [5.74, 6) is 0. The lowest BCUT2D eigenvalue weighted by atomic mass is 9.60. The van der Waals surface area contributed by atoms with Gasteiger partial charge in [0, 0.05) is 5.41 Å². The Morgan fingerprint density at radius 3 is 1.54 bits per heavy atom. The van der Waals surface area contributed by atoms with E-state index >= 15 is 0 Å². The molecular formula is C11H26N2. The van der Waals surface area contributed by atoms with Gasteiger partial charge in [0.2, 0.25) is 0 Å². The summed E-state index contributed by atoms with van der Waals surface area (Å²) in [4.78, 5) is 0. The summed E-state index contributed by atoms with van der Waals surface area (Å²) in [6.45, 7) is 12.9. The lowest BCUT2D eigenvalue weighted by Crippen LogP contribution is -2.62. The van der Waals surface area contributed by atoms with Crippen molar-refractivity contribution < 1.29 is 0 Å². The monoisotopic (exact) mass is 186 g/mol. The zero-order valence-electron chi connectivity index (χ0n) is 10.1. The smallest absolute Gasteiger partial charge is 0.0665 e. The molecule has 80 valence electrons. The van der Waals surface area contributed by atoms with Crippen molar-refractivity contribution in [2.75, 3.05) is 0 Å². The van der Waals surface area contributed by atoms with Gasteiger partial charge in [-0.15, -0.1) is 0 Å². The van der Waals surface area contributed by atoms with E-state index in [0.717, 1.165) is 6.42 Å². The molecule has 0 bridgehead atoms. The normalized spacial score (nSPS) is 14.8. The second kappa shape index (κ2) is 3.58. The van der Waals surface area contributed by atoms with E-state index in [4.69, 9.17) is 11.5 Å². The highest BCUT2D eigenvalue weighted by molar-refractivity contribution is 4.98. The summed E-state index contributed by atoms with van der Waals surface area (Å²) in [7, 11) is 0. The van der Waals surface area contributed by atoms with Crippen LogP contribution in [0.4, 0.5) is 0 Å². The minimum Gasteiger partial charge on any atom is -0.313 e. The maximum Gasteiger partial charge on any atom is 0.0665 e. The maximum absolute atomic E-state index is 6.01. The van der Waals surface area contributed by atoms with Gasteiger partial charge in [0.25, 0.3) is 0 Å². The van der Waals surface area contributed by atoms with Gasteiger partial charge in [0.05, 0.1) is 5.66 Å². The second-order valence-corrected chi connectivity index (χ2v) is 5.54. The fraction of sp³-hybridized carbons (Fsp3) is 1.00. The highest BCUT2D eigenvalue weighted by Gasteiger charge is 2.45. The molecule has 0 fully saturated rings. The highest BCUT2D eigenvalue weighted by Crippen LogP contribution is 2.46. The molecule has 0 aromatic rings. The van der Waals surface area contributed by atoms with E-state index in [1.165, 1.54) is 6.42 Å². The molecule has 0 unspecified atom stereocenters. The number of nitrogens with two attached hydrogens (primary N) is 2. The topological polar surface area (TPSA) is 52.0 Å². The predicted octanol–water partition coefficient (Wildman–Crippen LogP) is 2.47. The van der Waals surface area contributed by atoms with E-state index in [-0.39, 0.29) is 10.8 Å². The molecule has 2 nitrogen and oxygen atoms in total. The van der Waals surface area contributed by atoms with Crippen LogP contribution in [0.5, 0.6) is 0 Å². The Balaban J connectivity index is 4.81. The average molecular weight is 186 g/mol. The Morgan fingerprint density at radius 1 is 0.923 bits per heavy atom. The molecule has 0 aliphatic carbocycles. The Kier molecular flexibility index (Phi) is 3.56. The molecule has 0 aromatic carbocycles. The van der Waals surface area contributed by atoms with Crippen LogP contribution in [-0.4, -0.2) is 5.66 Å². The van der Waals surface area contributed by atoms with Gasteiger partial charge in [-0.3, -0.25) is 0 Å².